The Hall–Kier alpha value is -0.990. The van der Waals surface area contributed by atoms with E-state index >= 15 is 0 Å². The topological polar surface area (TPSA) is 41.6 Å². The summed E-state index contributed by atoms with van der Waals surface area (Å²) in [6.45, 7) is 5.30. The molecule has 0 amide bonds. The van der Waals surface area contributed by atoms with Gasteiger partial charge in [0.1, 0.15) is 0 Å². The number of allylic oxidation sites excluding steroid dienone is 1. The molecule has 0 unspecified atom stereocenters. The van der Waals surface area contributed by atoms with Crippen LogP contribution in [0.25, 0.3) is 0 Å². The van der Waals surface area contributed by atoms with Gasteiger partial charge in [0.2, 0.25) is 0 Å². The highest BCUT2D eigenvalue weighted by Crippen LogP contribution is 2.33. The predicted octanol–water partition coefficient (Wildman–Crippen LogP) is 2.39. The Morgan fingerprint density at radius 2 is 2.12 bits per heavy atom. The Kier molecular flexibility index (Phi) is 4.39. The minimum Gasteiger partial charge on any atom is -0.370 e. The van der Waals surface area contributed by atoms with E-state index in [1.165, 1.54) is 25.7 Å². The van der Waals surface area contributed by atoms with Gasteiger partial charge >= 0.3 is 0 Å². The number of nitrogens with zero attached hydrogens (tertiary/aromatic N) is 2. The zero-order chi connectivity index (χ0) is 12.2. The maximum absolute atomic E-state index is 5.81. The van der Waals surface area contributed by atoms with E-state index in [1.54, 1.807) is 5.57 Å². The van der Waals surface area contributed by atoms with Crippen molar-refractivity contribution in [1.82, 2.24) is 4.90 Å². The van der Waals surface area contributed by atoms with Crippen molar-refractivity contribution in [3.8, 4) is 0 Å². The molecule has 2 N–H and O–H groups in total. The van der Waals surface area contributed by atoms with Crippen LogP contribution in [0.5, 0.6) is 0 Å². The van der Waals surface area contributed by atoms with E-state index in [-0.39, 0.29) is 5.41 Å². The van der Waals surface area contributed by atoms with Crippen LogP contribution in [0.15, 0.2) is 16.6 Å². The van der Waals surface area contributed by atoms with Crippen molar-refractivity contribution in [3.05, 3.63) is 11.6 Å². The van der Waals surface area contributed by atoms with Gasteiger partial charge in [-0.25, -0.2) is 0 Å². The van der Waals surface area contributed by atoms with Crippen LogP contribution < -0.4 is 5.73 Å². The lowest BCUT2D eigenvalue weighted by atomic mass is 9.78. The highest BCUT2D eigenvalue weighted by atomic mass is 15.2. The third-order valence-electron chi connectivity index (χ3n) is 3.25. The van der Waals surface area contributed by atoms with E-state index in [4.69, 9.17) is 5.73 Å². The van der Waals surface area contributed by atoms with Crippen LogP contribution in [0.3, 0.4) is 0 Å². The second-order valence-corrected chi connectivity index (χ2v) is 5.43. The van der Waals surface area contributed by atoms with Crippen LogP contribution in [0.2, 0.25) is 0 Å². The number of guanidine groups is 1. The second kappa shape index (κ2) is 5.37. The second-order valence-electron chi connectivity index (χ2n) is 5.43. The quantitative estimate of drug-likeness (QED) is 0.453. The molecule has 0 atom stereocenters. The maximum atomic E-state index is 5.81. The molecule has 1 aliphatic rings. The third kappa shape index (κ3) is 3.54. The summed E-state index contributed by atoms with van der Waals surface area (Å²) in [5.74, 6) is 0.615. The minimum absolute atomic E-state index is 0.154. The monoisotopic (exact) mass is 223 g/mol. The summed E-state index contributed by atoms with van der Waals surface area (Å²) in [5.41, 5.74) is 7.51. The average molecular weight is 223 g/mol. The molecule has 92 valence electrons. The highest BCUT2D eigenvalue weighted by Gasteiger charge is 2.23. The van der Waals surface area contributed by atoms with Gasteiger partial charge in [0.25, 0.3) is 0 Å². The first-order chi connectivity index (χ1) is 7.43. The standard InChI is InChI=1S/C13H25N3/c1-13(2,10-15-12(14)16(3)4)11-8-6-5-7-9-11/h8H,5-7,9-10H2,1-4H3,(H2,14,15). The van der Waals surface area contributed by atoms with Crippen molar-refractivity contribution < 1.29 is 0 Å². The van der Waals surface area contributed by atoms with Crippen LogP contribution in [0.4, 0.5) is 0 Å². The lowest BCUT2D eigenvalue weighted by Gasteiger charge is -2.29. The smallest absolute Gasteiger partial charge is 0.190 e. The zero-order valence-corrected chi connectivity index (χ0v) is 11.1. The summed E-state index contributed by atoms with van der Waals surface area (Å²) >= 11 is 0. The molecule has 0 radical (unpaired) electrons. The van der Waals surface area contributed by atoms with Crippen molar-refractivity contribution in [2.24, 2.45) is 16.1 Å². The van der Waals surface area contributed by atoms with E-state index < -0.39 is 0 Å². The highest BCUT2D eigenvalue weighted by molar-refractivity contribution is 5.77. The van der Waals surface area contributed by atoms with Crippen LogP contribution in [-0.4, -0.2) is 31.5 Å². The largest absolute Gasteiger partial charge is 0.370 e. The molecule has 0 saturated heterocycles. The average Bonchev–Trinajstić information content (AvgIpc) is 2.27. The van der Waals surface area contributed by atoms with Crippen molar-refractivity contribution >= 4 is 5.96 Å². The van der Waals surface area contributed by atoms with Gasteiger partial charge in [-0.15, -0.1) is 0 Å². The fourth-order valence-electron chi connectivity index (χ4n) is 1.97. The lowest BCUT2D eigenvalue weighted by Crippen LogP contribution is -2.32. The van der Waals surface area contributed by atoms with Crippen molar-refractivity contribution in [1.29, 1.82) is 0 Å². The first-order valence-corrected chi connectivity index (χ1v) is 6.10. The first-order valence-electron chi connectivity index (χ1n) is 6.10. The molecule has 0 fully saturated rings. The molecule has 0 aromatic heterocycles. The van der Waals surface area contributed by atoms with Gasteiger partial charge < -0.3 is 10.6 Å². The Balaban J connectivity index is 2.64. The molecule has 3 nitrogen and oxygen atoms in total. The van der Waals surface area contributed by atoms with E-state index in [0.717, 1.165) is 6.54 Å². The Morgan fingerprint density at radius 3 is 2.62 bits per heavy atom. The minimum atomic E-state index is 0.154. The van der Waals surface area contributed by atoms with E-state index in [0.29, 0.717) is 5.96 Å². The molecular formula is C13H25N3. The van der Waals surface area contributed by atoms with Gasteiger partial charge in [0.15, 0.2) is 5.96 Å². The Morgan fingerprint density at radius 1 is 1.44 bits per heavy atom. The summed E-state index contributed by atoms with van der Waals surface area (Å²) in [5, 5.41) is 0. The van der Waals surface area contributed by atoms with Gasteiger partial charge in [-0.05, 0) is 25.7 Å². The van der Waals surface area contributed by atoms with Crippen molar-refractivity contribution in [3.63, 3.8) is 0 Å². The number of nitrogens with two attached hydrogens (primary N) is 1. The van der Waals surface area contributed by atoms with Gasteiger partial charge in [0, 0.05) is 19.5 Å². The summed E-state index contributed by atoms with van der Waals surface area (Å²) in [6.07, 6.45) is 7.51. The van der Waals surface area contributed by atoms with Crippen LogP contribution >= 0.6 is 0 Å². The number of hydrogen-bond acceptors (Lipinski definition) is 1. The number of aliphatic imine (C=N–C) groups is 1. The maximum Gasteiger partial charge on any atom is 0.190 e. The lowest BCUT2D eigenvalue weighted by molar-refractivity contribution is 0.424. The van der Waals surface area contributed by atoms with Gasteiger partial charge in [-0.3, -0.25) is 4.99 Å². The molecule has 0 aromatic rings. The predicted molar refractivity (Wildman–Crippen MR) is 70.5 cm³/mol. The van der Waals surface area contributed by atoms with Crippen LogP contribution in [0.1, 0.15) is 39.5 Å². The normalized spacial score (nSPS) is 18.2. The van der Waals surface area contributed by atoms with Crippen molar-refractivity contribution in [2.45, 2.75) is 39.5 Å². The van der Waals surface area contributed by atoms with Gasteiger partial charge in [-0.2, -0.15) is 0 Å². The Labute approximate surface area is 99.4 Å². The SMILES string of the molecule is CN(C)C(N)=NCC(C)(C)C1=CCCCC1. The number of hydrogen-bond donors (Lipinski definition) is 1. The molecule has 16 heavy (non-hydrogen) atoms. The van der Waals surface area contributed by atoms with Gasteiger partial charge in [-0.1, -0.05) is 25.5 Å². The van der Waals surface area contributed by atoms with Crippen LogP contribution in [-0.2, 0) is 0 Å². The first kappa shape index (κ1) is 13.1. The number of rotatable bonds is 3. The fraction of sp³-hybridized carbons (Fsp3) is 0.769. The molecule has 0 aliphatic heterocycles. The fourth-order valence-corrected chi connectivity index (χ4v) is 1.97. The molecule has 0 aromatic carbocycles. The summed E-state index contributed by atoms with van der Waals surface area (Å²) in [4.78, 5) is 6.30. The zero-order valence-electron chi connectivity index (χ0n) is 11.1. The molecule has 0 bridgehead atoms. The third-order valence-corrected chi connectivity index (χ3v) is 3.25. The Bertz CT molecular complexity index is 288. The summed E-state index contributed by atoms with van der Waals surface area (Å²) in [6, 6.07) is 0. The molecule has 3 heteroatoms. The van der Waals surface area contributed by atoms with E-state index in [1.807, 2.05) is 19.0 Å². The molecule has 0 heterocycles. The molecule has 0 spiro atoms. The molecule has 1 aliphatic carbocycles. The molecule has 1 rings (SSSR count). The van der Waals surface area contributed by atoms with E-state index in [2.05, 4.69) is 24.9 Å². The molecule has 0 saturated carbocycles. The van der Waals surface area contributed by atoms with Gasteiger partial charge in [0.05, 0.1) is 6.54 Å². The van der Waals surface area contributed by atoms with Crippen molar-refractivity contribution in [2.75, 3.05) is 20.6 Å². The molecular weight excluding hydrogens is 198 g/mol. The van der Waals surface area contributed by atoms with Crippen LogP contribution in [0, 0.1) is 5.41 Å². The van der Waals surface area contributed by atoms with E-state index in [9.17, 15) is 0 Å². The summed E-state index contributed by atoms with van der Waals surface area (Å²) in [7, 11) is 3.84. The summed E-state index contributed by atoms with van der Waals surface area (Å²) < 4.78 is 0.